The van der Waals surface area contributed by atoms with Crippen molar-refractivity contribution in [3.63, 3.8) is 0 Å². The van der Waals surface area contributed by atoms with Gasteiger partial charge in [0, 0.05) is 31.2 Å². The lowest BCUT2D eigenvalue weighted by atomic mass is 10.2. The van der Waals surface area contributed by atoms with Crippen LogP contribution in [0, 0.1) is 0 Å². The van der Waals surface area contributed by atoms with Crippen molar-refractivity contribution in [2.24, 2.45) is 0 Å². The molecule has 0 aromatic carbocycles. The molecule has 3 rings (SSSR count). The Morgan fingerprint density at radius 1 is 1.42 bits per heavy atom. The van der Waals surface area contributed by atoms with Gasteiger partial charge < -0.3 is 14.8 Å². The molecule has 140 valence electrons. The van der Waals surface area contributed by atoms with Crippen molar-refractivity contribution in [3.05, 3.63) is 35.1 Å². The van der Waals surface area contributed by atoms with Gasteiger partial charge in [-0.3, -0.25) is 14.7 Å². The van der Waals surface area contributed by atoms with Crippen LogP contribution in [-0.2, 0) is 22.5 Å². The van der Waals surface area contributed by atoms with Crippen LogP contribution < -0.4 is 10.1 Å². The molecule has 0 spiro atoms. The summed E-state index contributed by atoms with van der Waals surface area (Å²) in [7, 11) is 1.57. The summed E-state index contributed by atoms with van der Waals surface area (Å²) in [6.45, 7) is 6.72. The number of anilines is 1. The number of carbonyl (C=O) groups excluding carboxylic acids is 1. The van der Waals surface area contributed by atoms with Gasteiger partial charge in [-0.1, -0.05) is 0 Å². The van der Waals surface area contributed by atoms with Crippen molar-refractivity contribution in [1.82, 2.24) is 14.9 Å². The normalized spacial score (nSPS) is 20.7. The van der Waals surface area contributed by atoms with Crippen molar-refractivity contribution in [2.75, 3.05) is 25.5 Å². The lowest BCUT2D eigenvalue weighted by Gasteiger charge is -2.34. The first-order valence-electron chi connectivity index (χ1n) is 8.63. The second-order valence-corrected chi connectivity index (χ2v) is 7.33. The summed E-state index contributed by atoms with van der Waals surface area (Å²) in [5.74, 6) is 0.453. The SMILES string of the molecule is COc1cccnc1CC(=O)Nc1nc(CN2C[C@@H](C)O[C@H](C)C2)cs1. The Morgan fingerprint density at radius 3 is 2.92 bits per heavy atom. The molecule has 0 saturated carbocycles. The third-order valence-electron chi connectivity index (χ3n) is 4.08. The van der Waals surface area contributed by atoms with Crippen LogP contribution in [0.5, 0.6) is 5.75 Å². The molecule has 0 bridgehead atoms. The van der Waals surface area contributed by atoms with Crippen LogP contribution >= 0.6 is 11.3 Å². The van der Waals surface area contributed by atoms with Crippen molar-refractivity contribution < 1.29 is 14.3 Å². The maximum absolute atomic E-state index is 12.3. The number of amides is 1. The standard InChI is InChI=1S/C18H24N4O3S/c1-12-8-22(9-13(2)25-12)10-14-11-26-18(20-14)21-17(23)7-15-16(24-3)5-4-6-19-15/h4-6,11-13H,7-10H2,1-3H3,(H,20,21,23)/t12-,13-/m1/s1. The number of hydrogen-bond acceptors (Lipinski definition) is 7. The van der Waals surface area contributed by atoms with Gasteiger partial charge in [-0.15, -0.1) is 11.3 Å². The van der Waals surface area contributed by atoms with E-state index >= 15 is 0 Å². The molecule has 1 fully saturated rings. The van der Waals surface area contributed by atoms with Crippen molar-refractivity contribution in [3.8, 4) is 5.75 Å². The largest absolute Gasteiger partial charge is 0.495 e. The number of hydrogen-bond donors (Lipinski definition) is 1. The van der Waals surface area contributed by atoms with Gasteiger partial charge in [0.1, 0.15) is 5.75 Å². The van der Waals surface area contributed by atoms with Gasteiger partial charge >= 0.3 is 0 Å². The van der Waals surface area contributed by atoms with Crippen LogP contribution in [-0.4, -0.2) is 53.2 Å². The van der Waals surface area contributed by atoms with Crippen molar-refractivity contribution in [2.45, 2.75) is 39.0 Å². The zero-order valence-electron chi connectivity index (χ0n) is 15.3. The number of pyridine rings is 1. The molecule has 7 nitrogen and oxygen atoms in total. The van der Waals surface area contributed by atoms with Gasteiger partial charge in [0.05, 0.1) is 37.1 Å². The van der Waals surface area contributed by atoms with E-state index in [9.17, 15) is 4.79 Å². The number of morpholine rings is 1. The fourth-order valence-electron chi connectivity index (χ4n) is 3.14. The summed E-state index contributed by atoms with van der Waals surface area (Å²) in [4.78, 5) is 23.3. The molecule has 1 aliphatic rings. The first-order valence-corrected chi connectivity index (χ1v) is 9.51. The average molecular weight is 376 g/mol. The maximum Gasteiger partial charge on any atom is 0.232 e. The minimum Gasteiger partial charge on any atom is -0.495 e. The Labute approximate surface area is 157 Å². The highest BCUT2D eigenvalue weighted by molar-refractivity contribution is 7.13. The molecule has 1 aliphatic heterocycles. The monoisotopic (exact) mass is 376 g/mol. The van der Waals surface area contributed by atoms with E-state index in [0.29, 0.717) is 16.6 Å². The van der Waals surface area contributed by atoms with E-state index in [1.165, 1.54) is 11.3 Å². The highest BCUT2D eigenvalue weighted by Crippen LogP contribution is 2.20. The van der Waals surface area contributed by atoms with Crippen LogP contribution in [0.1, 0.15) is 25.2 Å². The Morgan fingerprint density at radius 2 is 2.19 bits per heavy atom. The highest BCUT2D eigenvalue weighted by atomic mass is 32.1. The first kappa shape index (κ1) is 18.8. The predicted molar refractivity (Wildman–Crippen MR) is 101 cm³/mol. The lowest BCUT2D eigenvalue weighted by molar-refractivity contribution is -0.115. The highest BCUT2D eigenvalue weighted by Gasteiger charge is 2.22. The average Bonchev–Trinajstić information content (AvgIpc) is 3.01. The van der Waals surface area contributed by atoms with Crippen LogP contribution in [0.25, 0.3) is 0 Å². The minimum absolute atomic E-state index is 0.150. The second kappa shape index (κ2) is 8.57. The summed E-state index contributed by atoms with van der Waals surface area (Å²) in [6.07, 6.45) is 2.25. The Hall–Kier alpha value is -2.03. The number of rotatable bonds is 6. The summed E-state index contributed by atoms with van der Waals surface area (Å²) >= 11 is 1.44. The molecule has 2 aromatic rings. The Bertz CT molecular complexity index is 742. The van der Waals surface area contributed by atoms with E-state index in [2.05, 4.69) is 34.0 Å². The fourth-order valence-corrected chi connectivity index (χ4v) is 3.85. The zero-order valence-corrected chi connectivity index (χ0v) is 16.1. The third kappa shape index (κ3) is 5.00. The molecule has 2 aromatic heterocycles. The molecule has 8 heteroatoms. The van der Waals surface area contributed by atoms with Crippen molar-refractivity contribution in [1.29, 1.82) is 0 Å². The molecule has 0 unspecified atom stereocenters. The number of carbonyl (C=O) groups is 1. The van der Waals surface area contributed by atoms with Crippen LogP contribution in [0.3, 0.4) is 0 Å². The minimum atomic E-state index is -0.156. The summed E-state index contributed by atoms with van der Waals surface area (Å²) < 4.78 is 11.0. The van der Waals surface area contributed by atoms with E-state index in [0.717, 1.165) is 25.3 Å². The third-order valence-corrected chi connectivity index (χ3v) is 4.88. The summed E-state index contributed by atoms with van der Waals surface area (Å²) in [5, 5.41) is 5.44. The van der Waals surface area contributed by atoms with Crippen LogP contribution in [0.4, 0.5) is 5.13 Å². The number of ether oxygens (including phenoxy) is 2. The van der Waals surface area contributed by atoms with Gasteiger partial charge in [-0.05, 0) is 26.0 Å². The fraction of sp³-hybridized carbons (Fsp3) is 0.500. The molecule has 2 atom stereocenters. The van der Waals surface area contributed by atoms with E-state index in [1.54, 1.807) is 25.4 Å². The molecule has 0 radical (unpaired) electrons. The van der Waals surface area contributed by atoms with Gasteiger partial charge in [0.15, 0.2) is 5.13 Å². The molecular weight excluding hydrogens is 352 g/mol. The molecule has 1 saturated heterocycles. The second-order valence-electron chi connectivity index (χ2n) is 6.47. The Balaban J connectivity index is 1.55. The number of thiazole rings is 1. The zero-order chi connectivity index (χ0) is 18.5. The van der Waals surface area contributed by atoms with Gasteiger partial charge in [0.2, 0.25) is 5.91 Å². The molecule has 26 heavy (non-hydrogen) atoms. The maximum atomic E-state index is 12.3. The number of nitrogens with zero attached hydrogens (tertiary/aromatic N) is 3. The Kier molecular flexibility index (Phi) is 6.18. The van der Waals surface area contributed by atoms with Crippen LogP contribution in [0.15, 0.2) is 23.7 Å². The van der Waals surface area contributed by atoms with Crippen LogP contribution in [0.2, 0.25) is 0 Å². The van der Waals surface area contributed by atoms with E-state index in [1.807, 2.05) is 5.38 Å². The smallest absolute Gasteiger partial charge is 0.232 e. The molecular formula is C18H24N4O3S. The van der Waals surface area contributed by atoms with E-state index in [4.69, 9.17) is 9.47 Å². The first-order chi connectivity index (χ1) is 12.5. The number of aromatic nitrogens is 2. The van der Waals surface area contributed by atoms with Gasteiger partial charge in [0.25, 0.3) is 0 Å². The quantitative estimate of drug-likeness (QED) is 0.834. The van der Waals surface area contributed by atoms with Crippen molar-refractivity contribution >= 4 is 22.4 Å². The van der Waals surface area contributed by atoms with Gasteiger partial charge in [-0.25, -0.2) is 4.98 Å². The molecule has 1 N–H and O–H groups in total. The van der Waals surface area contributed by atoms with E-state index in [-0.39, 0.29) is 24.5 Å². The summed E-state index contributed by atoms with van der Waals surface area (Å²) in [5.41, 5.74) is 1.57. The van der Waals surface area contributed by atoms with Gasteiger partial charge in [-0.2, -0.15) is 0 Å². The number of methoxy groups -OCH3 is 1. The lowest BCUT2D eigenvalue weighted by Crippen LogP contribution is -2.44. The molecule has 1 amide bonds. The molecule has 3 heterocycles. The van der Waals surface area contributed by atoms with E-state index < -0.39 is 0 Å². The summed E-state index contributed by atoms with van der Waals surface area (Å²) in [6, 6.07) is 3.57. The predicted octanol–water partition coefficient (Wildman–Crippen LogP) is 2.34. The number of nitrogens with one attached hydrogen (secondary N) is 1. The molecule has 0 aliphatic carbocycles. The topological polar surface area (TPSA) is 76.6 Å².